The number of nitrogens with zero attached hydrogens (tertiary/aromatic N) is 1. The molecule has 116 valence electrons. The fourth-order valence-corrected chi connectivity index (χ4v) is 5.08. The van der Waals surface area contributed by atoms with Crippen LogP contribution in [0.5, 0.6) is 0 Å². The number of fused-ring (bicyclic) bond motifs is 1. The fraction of sp³-hybridized carbons (Fsp3) is 0.600. The predicted octanol–water partition coefficient (Wildman–Crippen LogP) is 1.77. The zero-order chi connectivity index (χ0) is 15.0. The Morgan fingerprint density at radius 1 is 1.38 bits per heavy atom. The van der Waals surface area contributed by atoms with E-state index in [4.69, 9.17) is 10.5 Å². The summed E-state index contributed by atoms with van der Waals surface area (Å²) in [6, 6.07) is 5.06. The van der Waals surface area contributed by atoms with Crippen LogP contribution in [-0.4, -0.2) is 38.0 Å². The van der Waals surface area contributed by atoms with Crippen molar-refractivity contribution in [2.24, 2.45) is 0 Å². The van der Waals surface area contributed by atoms with Crippen molar-refractivity contribution >= 4 is 15.7 Å². The SMILES string of the molecule is CCc1ccc(S(=O)(=O)N2CCOC3CCCC32)cc1N. The van der Waals surface area contributed by atoms with Crippen molar-refractivity contribution in [2.45, 2.75) is 49.6 Å². The second-order valence-corrected chi connectivity index (χ2v) is 7.63. The number of nitrogens with two attached hydrogens (primary N) is 1. The predicted molar refractivity (Wildman–Crippen MR) is 81.5 cm³/mol. The van der Waals surface area contributed by atoms with E-state index >= 15 is 0 Å². The van der Waals surface area contributed by atoms with Gasteiger partial charge in [-0.2, -0.15) is 4.31 Å². The van der Waals surface area contributed by atoms with E-state index in [2.05, 4.69) is 0 Å². The third kappa shape index (κ3) is 2.56. The van der Waals surface area contributed by atoms with Gasteiger partial charge in [0.05, 0.1) is 23.6 Å². The van der Waals surface area contributed by atoms with Crippen LogP contribution in [0.25, 0.3) is 0 Å². The third-order valence-electron chi connectivity index (χ3n) is 4.54. The average molecular weight is 310 g/mol. The summed E-state index contributed by atoms with van der Waals surface area (Å²) >= 11 is 0. The van der Waals surface area contributed by atoms with Gasteiger partial charge in [-0.25, -0.2) is 8.42 Å². The quantitative estimate of drug-likeness (QED) is 0.864. The molecule has 6 heteroatoms. The van der Waals surface area contributed by atoms with Crippen LogP contribution in [0.4, 0.5) is 5.69 Å². The van der Waals surface area contributed by atoms with Crippen molar-refractivity contribution in [2.75, 3.05) is 18.9 Å². The molecule has 2 N–H and O–H groups in total. The summed E-state index contributed by atoms with van der Waals surface area (Å²) in [4.78, 5) is 0.296. The van der Waals surface area contributed by atoms with Gasteiger partial charge in [0, 0.05) is 12.2 Å². The monoisotopic (exact) mass is 310 g/mol. The summed E-state index contributed by atoms with van der Waals surface area (Å²) in [5.41, 5.74) is 7.49. The van der Waals surface area contributed by atoms with Crippen molar-refractivity contribution in [3.05, 3.63) is 23.8 Å². The maximum Gasteiger partial charge on any atom is 0.243 e. The van der Waals surface area contributed by atoms with Crippen LogP contribution < -0.4 is 5.73 Å². The number of hydrogen-bond donors (Lipinski definition) is 1. The number of ether oxygens (including phenoxy) is 1. The van der Waals surface area contributed by atoms with Crippen molar-refractivity contribution in [3.8, 4) is 0 Å². The summed E-state index contributed by atoms with van der Waals surface area (Å²) in [5, 5.41) is 0. The first-order valence-electron chi connectivity index (χ1n) is 7.56. The molecule has 2 unspecified atom stereocenters. The molecule has 1 heterocycles. The molecule has 1 aliphatic carbocycles. The lowest BCUT2D eigenvalue weighted by atomic mass is 10.1. The number of morpholine rings is 1. The molecule has 1 saturated heterocycles. The first-order chi connectivity index (χ1) is 10.0. The molecule has 2 atom stereocenters. The summed E-state index contributed by atoms with van der Waals surface area (Å²) in [6.07, 6.45) is 3.72. The Bertz CT molecular complexity index is 630. The molecule has 0 radical (unpaired) electrons. The number of aryl methyl sites for hydroxylation is 1. The van der Waals surface area contributed by atoms with Crippen molar-refractivity contribution in [3.63, 3.8) is 0 Å². The first kappa shape index (κ1) is 14.8. The zero-order valence-corrected chi connectivity index (χ0v) is 13.1. The lowest BCUT2D eigenvalue weighted by Crippen LogP contribution is -2.51. The third-order valence-corrected chi connectivity index (χ3v) is 6.46. The molecular weight excluding hydrogens is 288 g/mol. The first-order valence-corrected chi connectivity index (χ1v) is 9.00. The van der Waals surface area contributed by atoms with Gasteiger partial charge in [-0.05, 0) is 43.4 Å². The molecule has 3 rings (SSSR count). The minimum atomic E-state index is -3.49. The van der Waals surface area contributed by atoms with Gasteiger partial charge >= 0.3 is 0 Å². The van der Waals surface area contributed by atoms with Gasteiger partial charge in [-0.15, -0.1) is 0 Å². The molecular formula is C15H22N2O3S. The molecule has 5 nitrogen and oxygen atoms in total. The highest BCUT2D eigenvalue weighted by Gasteiger charge is 2.42. The molecule has 21 heavy (non-hydrogen) atoms. The Morgan fingerprint density at radius 3 is 2.90 bits per heavy atom. The second kappa shape index (κ2) is 5.59. The lowest BCUT2D eigenvalue weighted by Gasteiger charge is -2.36. The number of benzene rings is 1. The number of hydrogen-bond acceptors (Lipinski definition) is 4. The van der Waals surface area contributed by atoms with Gasteiger partial charge in [0.1, 0.15) is 0 Å². The maximum absolute atomic E-state index is 12.9. The Balaban J connectivity index is 1.94. The van der Waals surface area contributed by atoms with Gasteiger partial charge in [0.15, 0.2) is 0 Å². The van der Waals surface area contributed by atoms with E-state index in [9.17, 15) is 8.42 Å². The van der Waals surface area contributed by atoms with Gasteiger partial charge in [-0.1, -0.05) is 13.0 Å². The van der Waals surface area contributed by atoms with Gasteiger partial charge in [-0.3, -0.25) is 0 Å². The van der Waals surface area contributed by atoms with E-state index in [0.717, 1.165) is 31.2 Å². The van der Waals surface area contributed by atoms with E-state index in [0.29, 0.717) is 23.7 Å². The van der Waals surface area contributed by atoms with Gasteiger partial charge in [0.2, 0.25) is 10.0 Å². The van der Waals surface area contributed by atoms with Gasteiger partial charge in [0.25, 0.3) is 0 Å². The largest absolute Gasteiger partial charge is 0.398 e. The van der Waals surface area contributed by atoms with Crippen molar-refractivity contribution in [1.82, 2.24) is 4.31 Å². The summed E-state index contributed by atoms with van der Waals surface area (Å²) in [7, 11) is -3.49. The van der Waals surface area contributed by atoms with Crippen LogP contribution in [0, 0.1) is 0 Å². The smallest absolute Gasteiger partial charge is 0.243 e. The van der Waals surface area contributed by atoms with Crippen LogP contribution >= 0.6 is 0 Å². The van der Waals surface area contributed by atoms with Crippen LogP contribution in [0.2, 0.25) is 0 Å². The molecule has 2 aliphatic rings. The Labute approximate surface area is 126 Å². The Kier molecular flexibility index (Phi) is 3.94. The lowest BCUT2D eigenvalue weighted by molar-refractivity contribution is -0.0241. The summed E-state index contributed by atoms with van der Waals surface area (Å²) < 4.78 is 33.1. The molecule has 0 bridgehead atoms. The van der Waals surface area contributed by atoms with Crippen LogP contribution in [0.3, 0.4) is 0 Å². The van der Waals surface area contributed by atoms with Crippen molar-refractivity contribution in [1.29, 1.82) is 0 Å². The molecule has 1 aromatic carbocycles. The molecule has 1 aromatic rings. The fourth-order valence-electron chi connectivity index (χ4n) is 3.38. The van der Waals surface area contributed by atoms with E-state index in [1.807, 2.05) is 13.0 Å². The molecule has 2 fully saturated rings. The topological polar surface area (TPSA) is 72.6 Å². The van der Waals surface area contributed by atoms with Crippen LogP contribution in [0.1, 0.15) is 31.7 Å². The molecule has 1 aliphatic heterocycles. The van der Waals surface area contributed by atoms with Crippen LogP contribution in [0.15, 0.2) is 23.1 Å². The molecule has 1 saturated carbocycles. The minimum Gasteiger partial charge on any atom is -0.398 e. The van der Waals surface area contributed by atoms with E-state index in [1.54, 1.807) is 16.4 Å². The Morgan fingerprint density at radius 2 is 2.19 bits per heavy atom. The Hall–Kier alpha value is -1.11. The normalized spacial score (nSPS) is 26.7. The van der Waals surface area contributed by atoms with E-state index < -0.39 is 10.0 Å². The van der Waals surface area contributed by atoms with Gasteiger partial charge < -0.3 is 10.5 Å². The zero-order valence-electron chi connectivity index (χ0n) is 12.3. The summed E-state index contributed by atoms with van der Waals surface area (Å²) in [5.74, 6) is 0. The maximum atomic E-state index is 12.9. The minimum absolute atomic E-state index is 0.0178. The van der Waals surface area contributed by atoms with E-state index in [1.165, 1.54) is 0 Å². The highest BCUT2D eigenvalue weighted by molar-refractivity contribution is 7.89. The van der Waals surface area contributed by atoms with Crippen molar-refractivity contribution < 1.29 is 13.2 Å². The number of anilines is 1. The molecule has 0 amide bonds. The summed E-state index contributed by atoms with van der Waals surface area (Å²) in [6.45, 7) is 2.91. The molecule has 0 spiro atoms. The van der Waals surface area contributed by atoms with E-state index in [-0.39, 0.29) is 12.1 Å². The van der Waals surface area contributed by atoms with Crippen LogP contribution in [-0.2, 0) is 21.2 Å². The number of nitrogen functional groups attached to an aromatic ring is 1. The number of sulfonamides is 1. The highest BCUT2D eigenvalue weighted by Crippen LogP contribution is 2.34. The molecule has 0 aromatic heterocycles. The standard InChI is InChI=1S/C15H22N2O3S/c1-2-11-6-7-12(10-13(11)16)21(18,19)17-8-9-20-15-5-3-4-14(15)17/h6-7,10,14-15H,2-5,8-9,16H2,1H3. The highest BCUT2D eigenvalue weighted by atomic mass is 32.2. The average Bonchev–Trinajstić information content (AvgIpc) is 2.95. The second-order valence-electron chi connectivity index (χ2n) is 5.74. The number of rotatable bonds is 3.